The molecule has 14 heavy (non-hydrogen) atoms. The van der Waals surface area contributed by atoms with Crippen molar-refractivity contribution in [2.75, 3.05) is 4.72 Å². The van der Waals surface area contributed by atoms with Crippen molar-refractivity contribution in [2.45, 2.75) is 26.2 Å². The Morgan fingerprint density at radius 2 is 2.14 bits per heavy atom. The van der Waals surface area contributed by atoms with Crippen LogP contribution in [0.25, 0.3) is 0 Å². The Labute approximate surface area is 87.0 Å². The molecule has 0 aliphatic carbocycles. The van der Waals surface area contributed by atoms with E-state index < -0.39 is 11.3 Å². The van der Waals surface area contributed by atoms with E-state index in [-0.39, 0.29) is 0 Å². The van der Waals surface area contributed by atoms with Gasteiger partial charge in [-0.25, -0.2) is 4.21 Å². The van der Waals surface area contributed by atoms with Crippen LogP contribution in [0.3, 0.4) is 0 Å². The van der Waals surface area contributed by atoms with Crippen molar-refractivity contribution >= 4 is 17.0 Å². The van der Waals surface area contributed by atoms with Gasteiger partial charge in [-0.1, -0.05) is 31.5 Å². The Morgan fingerprint density at radius 3 is 2.79 bits per heavy atom. The SMILES string of the molecule is CCCCc1ccccc1NS(=O)O. The predicted molar refractivity (Wildman–Crippen MR) is 59.4 cm³/mol. The minimum Gasteiger partial charge on any atom is -0.289 e. The molecule has 0 saturated carbocycles. The number of hydrogen-bond acceptors (Lipinski definition) is 1. The zero-order valence-corrected chi connectivity index (χ0v) is 9.01. The number of para-hydroxylation sites is 1. The van der Waals surface area contributed by atoms with Crippen molar-refractivity contribution in [1.82, 2.24) is 0 Å². The maximum Gasteiger partial charge on any atom is 0.259 e. The minimum absolute atomic E-state index is 0.752. The fourth-order valence-corrected chi connectivity index (χ4v) is 1.69. The Bertz CT molecular complexity index is 315. The average Bonchev–Trinajstić information content (AvgIpc) is 2.16. The molecule has 0 bridgehead atoms. The lowest BCUT2D eigenvalue weighted by molar-refractivity contribution is 0.570. The highest BCUT2D eigenvalue weighted by Gasteiger charge is 2.02. The molecule has 1 aromatic carbocycles. The van der Waals surface area contributed by atoms with E-state index >= 15 is 0 Å². The highest BCUT2D eigenvalue weighted by molar-refractivity contribution is 7.80. The van der Waals surface area contributed by atoms with Gasteiger partial charge in [0.2, 0.25) is 0 Å². The van der Waals surface area contributed by atoms with Crippen LogP contribution in [0.15, 0.2) is 24.3 Å². The van der Waals surface area contributed by atoms with Gasteiger partial charge >= 0.3 is 0 Å². The molecule has 4 heteroatoms. The highest BCUT2D eigenvalue weighted by Crippen LogP contribution is 2.17. The van der Waals surface area contributed by atoms with Crippen molar-refractivity contribution in [2.24, 2.45) is 0 Å². The molecule has 1 unspecified atom stereocenters. The molecule has 1 rings (SSSR count). The Balaban J connectivity index is 2.74. The molecule has 1 aromatic rings. The van der Waals surface area contributed by atoms with Crippen LogP contribution in [0.2, 0.25) is 0 Å². The van der Waals surface area contributed by atoms with Gasteiger partial charge < -0.3 is 0 Å². The van der Waals surface area contributed by atoms with Crippen LogP contribution >= 0.6 is 0 Å². The minimum atomic E-state index is -1.98. The molecule has 0 heterocycles. The van der Waals surface area contributed by atoms with Crippen molar-refractivity contribution < 1.29 is 8.76 Å². The monoisotopic (exact) mass is 213 g/mol. The third kappa shape index (κ3) is 3.47. The summed E-state index contributed by atoms with van der Waals surface area (Å²) in [4.78, 5) is 0. The number of aryl methyl sites for hydroxylation is 1. The second-order valence-electron chi connectivity index (χ2n) is 3.11. The summed E-state index contributed by atoms with van der Waals surface area (Å²) in [6.45, 7) is 2.13. The Hall–Kier alpha value is -0.870. The summed E-state index contributed by atoms with van der Waals surface area (Å²) in [5.41, 5.74) is 1.85. The summed E-state index contributed by atoms with van der Waals surface area (Å²) >= 11 is -1.98. The second kappa shape index (κ2) is 5.78. The summed E-state index contributed by atoms with van der Waals surface area (Å²) in [6.07, 6.45) is 3.16. The van der Waals surface area contributed by atoms with E-state index in [0.717, 1.165) is 30.5 Å². The van der Waals surface area contributed by atoms with E-state index in [0.29, 0.717) is 0 Å². The zero-order valence-electron chi connectivity index (χ0n) is 8.19. The van der Waals surface area contributed by atoms with Gasteiger partial charge in [-0.3, -0.25) is 9.27 Å². The summed E-state index contributed by atoms with van der Waals surface area (Å²) in [7, 11) is 0. The number of hydrogen-bond donors (Lipinski definition) is 2. The number of nitrogens with one attached hydrogen (secondary N) is 1. The second-order valence-corrected chi connectivity index (χ2v) is 3.81. The normalized spacial score (nSPS) is 12.4. The largest absolute Gasteiger partial charge is 0.289 e. The quantitative estimate of drug-likeness (QED) is 0.738. The number of anilines is 1. The molecule has 0 saturated heterocycles. The van der Waals surface area contributed by atoms with Gasteiger partial charge in [0.15, 0.2) is 0 Å². The predicted octanol–water partition coefficient (Wildman–Crippen LogP) is 2.58. The summed E-state index contributed by atoms with van der Waals surface area (Å²) in [5.74, 6) is 0. The maximum absolute atomic E-state index is 10.6. The highest BCUT2D eigenvalue weighted by atomic mass is 32.2. The molecule has 0 aromatic heterocycles. The van der Waals surface area contributed by atoms with Crippen molar-refractivity contribution in [3.63, 3.8) is 0 Å². The standard InChI is InChI=1S/C10H15NO2S/c1-2-3-6-9-7-4-5-8-10(9)11-14(12)13/h4-5,7-8,11H,2-3,6H2,1H3,(H,12,13). The van der Waals surface area contributed by atoms with E-state index in [1.54, 1.807) is 0 Å². The smallest absolute Gasteiger partial charge is 0.259 e. The van der Waals surface area contributed by atoms with Gasteiger partial charge in [-0.15, -0.1) is 0 Å². The van der Waals surface area contributed by atoms with Gasteiger partial charge in [0.1, 0.15) is 0 Å². The first-order valence-electron chi connectivity index (χ1n) is 4.69. The molecule has 78 valence electrons. The van der Waals surface area contributed by atoms with Gasteiger partial charge in [-0.05, 0) is 24.5 Å². The molecular weight excluding hydrogens is 198 g/mol. The van der Waals surface area contributed by atoms with Crippen LogP contribution in [0.4, 0.5) is 5.69 Å². The molecule has 0 aliphatic rings. The lowest BCUT2D eigenvalue weighted by Crippen LogP contribution is -2.04. The number of benzene rings is 1. The van der Waals surface area contributed by atoms with Gasteiger partial charge in [0.25, 0.3) is 11.3 Å². The molecular formula is C10H15NO2S. The van der Waals surface area contributed by atoms with E-state index in [2.05, 4.69) is 11.6 Å². The Kier molecular flexibility index (Phi) is 4.62. The van der Waals surface area contributed by atoms with Gasteiger partial charge in [0.05, 0.1) is 5.69 Å². The maximum atomic E-state index is 10.6. The number of unbranched alkanes of at least 4 members (excludes halogenated alkanes) is 1. The molecule has 0 amide bonds. The fourth-order valence-electron chi connectivity index (χ4n) is 1.30. The molecule has 0 fully saturated rings. The first kappa shape index (κ1) is 11.2. The lowest BCUT2D eigenvalue weighted by atomic mass is 10.1. The molecule has 1 atom stereocenters. The third-order valence-corrected chi connectivity index (χ3v) is 2.41. The van der Waals surface area contributed by atoms with Gasteiger partial charge in [0, 0.05) is 0 Å². The lowest BCUT2D eigenvalue weighted by Gasteiger charge is -2.07. The van der Waals surface area contributed by atoms with Crippen LogP contribution in [-0.2, 0) is 17.7 Å². The first-order valence-corrected chi connectivity index (χ1v) is 5.80. The third-order valence-electron chi connectivity index (χ3n) is 2.01. The molecule has 0 aliphatic heterocycles. The van der Waals surface area contributed by atoms with Crippen LogP contribution in [0.5, 0.6) is 0 Å². The van der Waals surface area contributed by atoms with E-state index in [1.807, 2.05) is 24.3 Å². The van der Waals surface area contributed by atoms with Crippen molar-refractivity contribution in [1.29, 1.82) is 0 Å². The fraction of sp³-hybridized carbons (Fsp3) is 0.400. The van der Waals surface area contributed by atoms with E-state index in [1.165, 1.54) is 0 Å². The van der Waals surface area contributed by atoms with Gasteiger partial charge in [-0.2, -0.15) is 0 Å². The summed E-state index contributed by atoms with van der Waals surface area (Å²) in [6, 6.07) is 7.59. The van der Waals surface area contributed by atoms with Crippen molar-refractivity contribution in [3.05, 3.63) is 29.8 Å². The van der Waals surface area contributed by atoms with Crippen LogP contribution in [-0.4, -0.2) is 8.76 Å². The number of rotatable bonds is 5. The molecule has 2 N–H and O–H groups in total. The first-order chi connectivity index (χ1) is 6.74. The average molecular weight is 213 g/mol. The summed E-state index contributed by atoms with van der Waals surface area (Å²) in [5, 5.41) is 0. The van der Waals surface area contributed by atoms with Crippen LogP contribution < -0.4 is 4.72 Å². The molecule has 0 spiro atoms. The van der Waals surface area contributed by atoms with E-state index in [9.17, 15) is 4.21 Å². The zero-order chi connectivity index (χ0) is 10.4. The van der Waals surface area contributed by atoms with Crippen LogP contribution in [0.1, 0.15) is 25.3 Å². The van der Waals surface area contributed by atoms with Crippen molar-refractivity contribution in [3.8, 4) is 0 Å². The van der Waals surface area contributed by atoms with E-state index in [4.69, 9.17) is 4.55 Å². The Morgan fingerprint density at radius 1 is 1.43 bits per heavy atom. The summed E-state index contributed by atoms with van der Waals surface area (Å²) < 4.78 is 21.8. The molecule has 0 radical (unpaired) electrons. The topological polar surface area (TPSA) is 49.3 Å². The molecule has 3 nitrogen and oxygen atoms in total. The van der Waals surface area contributed by atoms with Crippen LogP contribution in [0, 0.1) is 0 Å².